The number of phenolic OH excluding ortho intramolecular Hbond substituents is 1. The Hall–Kier alpha value is -1.55. The maximum absolute atomic E-state index is 10.7. The second-order valence-electron chi connectivity index (χ2n) is 3.88. The first-order chi connectivity index (χ1) is 6.83. The molecule has 4 heteroatoms. The van der Waals surface area contributed by atoms with Crippen LogP contribution < -0.4 is 0 Å². The van der Waals surface area contributed by atoms with Crippen molar-refractivity contribution in [3.8, 4) is 5.75 Å². The largest absolute Gasteiger partial charge is 0.508 e. The number of benzene rings is 1. The molecule has 1 aromatic carbocycles. The topological polar surface area (TPSA) is 77.8 Å². The normalized spacial score (nSPS) is 14.6. The van der Waals surface area contributed by atoms with Gasteiger partial charge in [0.2, 0.25) is 0 Å². The minimum Gasteiger partial charge on any atom is -0.508 e. The predicted molar refractivity (Wildman–Crippen MR) is 54.8 cm³/mol. The van der Waals surface area contributed by atoms with Crippen molar-refractivity contribution in [1.29, 1.82) is 0 Å². The summed E-state index contributed by atoms with van der Waals surface area (Å²) in [6, 6.07) is 4.84. The average molecular weight is 210 g/mol. The van der Waals surface area contributed by atoms with E-state index in [2.05, 4.69) is 0 Å². The summed E-state index contributed by atoms with van der Waals surface area (Å²) in [4.78, 5) is 10.7. The standard InChI is InChI=1S/C11H14O4/c1-7-3-4-8(5-9(7)12)6-11(2,15)10(13)14/h3-5,12,15H,6H2,1-2H3,(H,13,14). The molecule has 0 amide bonds. The van der Waals surface area contributed by atoms with Gasteiger partial charge in [-0.05, 0) is 31.0 Å². The molecule has 0 aromatic heterocycles. The Morgan fingerprint density at radius 1 is 1.47 bits per heavy atom. The van der Waals surface area contributed by atoms with Gasteiger partial charge in [-0.1, -0.05) is 12.1 Å². The molecule has 0 spiro atoms. The van der Waals surface area contributed by atoms with E-state index in [1.807, 2.05) is 0 Å². The van der Waals surface area contributed by atoms with Crippen LogP contribution in [-0.4, -0.2) is 26.9 Å². The summed E-state index contributed by atoms with van der Waals surface area (Å²) in [5.74, 6) is -1.17. The highest BCUT2D eigenvalue weighted by Crippen LogP contribution is 2.21. The zero-order valence-electron chi connectivity index (χ0n) is 8.69. The van der Waals surface area contributed by atoms with Crippen molar-refractivity contribution in [2.75, 3.05) is 0 Å². The Morgan fingerprint density at radius 3 is 2.53 bits per heavy atom. The van der Waals surface area contributed by atoms with Crippen LogP contribution in [0.15, 0.2) is 18.2 Å². The van der Waals surface area contributed by atoms with Crippen LogP contribution in [0.4, 0.5) is 0 Å². The summed E-state index contributed by atoms with van der Waals surface area (Å²) in [5.41, 5.74) is -0.499. The quantitative estimate of drug-likeness (QED) is 0.697. The fourth-order valence-electron chi connectivity index (χ4n) is 1.24. The molecule has 1 atom stereocenters. The second kappa shape index (κ2) is 3.90. The lowest BCUT2D eigenvalue weighted by Gasteiger charge is -2.17. The highest BCUT2D eigenvalue weighted by molar-refractivity contribution is 5.77. The van der Waals surface area contributed by atoms with Gasteiger partial charge < -0.3 is 15.3 Å². The van der Waals surface area contributed by atoms with Crippen LogP contribution in [0.5, 0.6) is 5.75 Å². The van der Waals surface area contributed by atoms with Gasteiger partial charge in [-0.25, -0.2) is 4.79 Å². The summed E-state index contributed by atoms with van der Waals surface area (Å²) >= 11 is 0. The molecule has 3 N–H and O–H groups in total. The molecule has 0 saturated heterocycles. The van der Waals surface area contributed by atoms with Crippen LogP contribution in [0.1, 0.15) is 18.1 Å². The third kappa shape index (κ3) is 2.70. The number of carboxylic acid groups (broad SMARTS) is 1. The molecule has 0 fully saturated rings. The Balaban J connectivity index is 2.91. The number of phenols is 1. The van der Waals surface area contributed by atoms with E-state index in [4.69, 9.17) is 5.11 Å². The number of aliphatic carboxylic acids is 1. The van der Waals surface area contributed by atoms with Gasteiger partial charge >= 0.3 is 5.97 Å². The Kier molecular flexibility index (Phi) is 3.00. The highest BCUT2D eigenvalue weighted by Gasteiger charge is 2.30. The Morgan fingerprint density at radius 2 is 2.07 bits per heavy atom. The summed E-state index contributed by atoms with van der Waals surface area (Å²) < 4.78 is 0. The lowest BCUT2D eigenvalue weighted by Crippen LogP contribution is -2.37. The van der Waals surface area contributed by atoms with Crippen molar-refractivity contribution in [2.24, 2.45) is 0 Å². The monoisotopic (exact) mass is 210 g/mol. The first-order valence-electron chi connectivity index (χ1n) is 4.57. The number of hydrogen-bond acceptors (Lipinski definition) is 3. The molecular formula is C11H14O4. The molecule has 0 aliphatic heterocycles. The van der Waals surface area contributed by atoms with Crippen molar-refractivity contribution in [3.63, 3.8) is 0 Å². The van der Waals surface area contributed by atoms with E-state index in [-0.39, 0.29) is 12.2 Å². The van der Waals surface area contributed by atoms with Gasteiger partial charge in [0.05, 0.1) is 0 Å². The first-order valence-corrected chi connectivity index (χ1v) is 4.57. The molecule has 0 aliphatic carbocycles. The summed E-state index contributed by atoms with van der Waals surface area (Å²) in [6.45, 7) is 2.97. The number of aryl methyl sites for hydroxylation is 1. The van der Waals surface area contributed by atoms with E-state index in [1.165, 1.54) is 13.0 Å². The number of hydrogen-bond donors (Lipinski definition) is 3. The fourth-order valence-corrected chi connectivity index (χ4v) is 1.24. The van der Waals surface area contributed by atoms with E-state index in [0.29, 0.717) is 11.1 Å². The van der Waals surface area contributed by atoms with Crippen LogP contribution >= 0.6 is 0 Å². The highest BCUT2D eigenvalue weighted by atomic mass is 16.4. The zero-order chi connectivity index (χ0) is 11.6. The first kappa shape index (κ1) is 11.5. The third-order valence-corrected chi connectivity index (χ3v) is 2.28. The molecule has 0 bridgehead atoms. The Labute approximate surface area is 87.8 Å². The lowest BCUT2D eigenvalue weighted by molar-refractivity contribution is -0.156. The molecule has 0 aliphatic rings. The smallest absolute Gasteiger partial charge is 0.335 e. The van der Waals surface area contributed by atoms with Crippen LogP contribution in [0.25, 0.3) is 0 Å². The van der Waals surface area contributed by atoms with Crippen LogP contribution in [-0.2, 0) is 11.2 Å². The lowest BCUT2D eigenvalue weighted by atomic mass is 9.96. The number of carbonyl (C=O) groups is 1. The van der Waals surface area contributed by atoms with Crippen molar-refractivity contribution in [1.82, 2.24) is 0 Å². The van der Waals surface area contributed by atoms with Crippen molar-refractivity contribution in [3.05, 3.63) is 29.3 Å². The average Bonchev–Trinajstić information content (AvgIpc) is 2.10. The summed E-state index contributed by atoms with van der Waals surface area (Å²) in [7, 11) is 0. The van der Waals surface area contributed by atoms with Gasteiger partial charge in [0.1, 0.15) is 5.75 Å². The van der Waals surface area contributed by atoms with Gasteiger partial charge in [-0.15, -0.1) is 0 Å². The van der Waals surface area contributed by atoms with E-state index >= 15 is 0 Å². The van der Waals surface area contributed by atoms with Crippen molar-refractivity contribution < 1.29 is 20.1 Å². The number of aromatic hydroxyl groups is 1. The third-order valence-electron chi connectivity index (χ3n) is 2.28. The van der Waals surface area contributed by atoms with E-state index < -0.39 is 11.6 Å². The van der Waals surface area contributed by atoms with E-state index in [1.54, 1.807) is 19.1 Å². The van der Waals surface area contributed by atoms with Crippen molar-refractivity contribution in [2.45, 2.75) is 25.9 Å². The maximum Gasteiger partial charge on any atom is 0.335 e. The number of aliphatic hydroxyl groups is 1. The Bertz CT molecular complexity index is 382. The number of carboxylic acids is 1. The molecule has 4 nitrogen and oxygen atoms in total. The van der Waals surface area contributed by atoms with E-state index in [0.717, 1.165) is 0 Å². The molecule has 15 heavy (non-hydrogen) atoms. The van der Waals surface area contributed by atoms with Crippen LogP contribution in [0, 0.1) is 6.92 Å². The van der Waals surface area contributed by atoms with E-state index in [9.17, 15) is 15.0 Å². The molecule has 0 saturated carbocycles. The summed E-state index contributed by atoms with van der Waals surface area (Å²) in [6.07, 6.45) is -0.0316. The molecule has 82 valence electrons. The maximum atomic E-state index is 10.7. The minimum atomic E-state index is -1.80. The molecule has 1 aromatic rings. The summed E-state index contributed by atoms with van der Waals surface area (Å²) in [5, 5.41) is 27.6. The molecular weight excluding hydrogens is 196 g/mol. The zero-order valence-corrected chi connectivity index (χ0v) is 8.69. The molecule has 0 radical (unpaired) electrons. The van der Waals surface area contributed by atoms with Gasteiger partial charge in [0.15, 0.2) is 5.60 Å². The van der Waals surface area contributed by atoms with Crippen LogP contribution in [0.3, 0.4) is 0 Å². The van der Waals surface area contributed by atoms with Crippen molar-refractivity contribution >= 4 is 5.97 Å². The fraction of sp³-hybridized carbons (Fsp3) is 0.364. The van der Waals surface area contributed by atoms with Gasteiger partial charge in [-0.2, -0.15) is 0 Å². The predicted octanol–water partition coefficient (Wildman–Crippen LogP) is 1.08. The molecule has 1 rings (SSSR count). The molecule has 1 unspecified atom stereocenters. The second-order valence-corrected chi connectivity index (χ2v) is 3.88. The SMILES string of the molecule is Cc1ccc(CC(C)(O)C(=O)O)cc1O. The van der Waals surface area contributed by atoms with Gasteiger partial charge in [0, 0.05) is 6.42 Å². The van der Waals surface area contributed by atoms with Gasteiger partial charge in [-0.3, -0.25) is 0 Å². The molecule has 0 heterocycles. The minimum absolute atomic E-state index is 0.0316. The van der Waals surface area contributed by atoms with Gasteiger partial charge in [0.25, 0.3) is 0 Å². The van der Waals surface area contributed by atoms with Crippen LogP contribution in [0.2, 0.25) is 0 Å². The number of rotatable bonds is 3.